The molecule has 0 aliphatic carbocycles. The molecule has 2 aromatic rings. The number of ether oxygens (including phenoxy) is 3. The summed E-state index contributed by atoms with van der Waals surface area (Å²) in [5, 5.41) is 6.57. The van der Waals surface area contributed by atoms with Crippen LogP contribution >= 0.6 is 0 Å². The molecular weight excluding hydrogens is 348 g/mol. The molecule has 144 valence electrons. The topological polar surface area (TPSA) is 78.4 Å². The zero-order valence-corrected chi connectivity index (χ0v) is 15.7. The molecule has 0 bridgehead atoms. The van der Waals surface area contributed by atoms with Gasteiger partial charge in [0.2, 0.25) is 0 Å². The summed E-state index contributed by atoms with van der Waals surface area (Å²) in [5.41, 5.74) is 1.74. The second-order valence-electron chi connectivity index (χ2n) is 5.48. The van der Waals surface area contributed by atoms with Crippen LogP contribution in [0.5, 0.6) is 17.2 Å². The van der Waals surface area contributed by atoms with Crippen LogP contribution in [0.25, 0.3) is 0 Å². The number of amides is 1. The van der Waals surface area contributed by atoms with E-state index in [9.17, 15) is 4.79 Å². The van der Waals surface area contributed by atoms with Gasteiger partial charge in [-0.15, -0.1) is 0 Å². The number of methoxy groups -OCH3 is 2. The molecule has 1 N–H and O–H groups in total. The van der Waals surface area contributed by atoms with Gasteiger partial charge < -0.3 is 24.4 Å². The van der Waals surface area contributed by atoms with Crippen LogP contribution in [0, 0.1) is 0 Å². The maximum Gasteiger partial charge on any atom is 0.261 e. The van der Waals surface area contributed by atoms with Gasteiger partial charge >= 0.3 is 0 Å². The highest BCUT2D eigenvalue weighted by Crippen LogP contribution is 2.27. The van der Waals surface area contributed by atoms with Crippen molar-refractivity contribution in [1.29, 1.82) is 0 Å². The van der Waals surface area contributed by atoms with Gasteiger partial charge in [-0.1, -0.05) is 17.3 Å². The van der Waals surface area contributed by atoms with E-state index in [0.29, 0.717) is 24.7 Å². The average Bonchev–Trinajstić information content (AvgIpc) is 2.71. The van der Waals surface area contributed by atoms with Crippen LogP contribution in [0.15, 0.2) is 47.6 Å². The number of hydrogen-bond acceptors (Lipinski definition) is 6. The van der Waals surface area contributed by atoms with Crippen molar-refractivity contribution in [3.8, 4) is 17.2 Å². The molecule has 7 nitrogen and oxygen atoms in total. The standard InChI is InChI=1S/C20H24N2O5/c1-4-26-18-10-7-16(11-19(18)25-3)13-22-27-14-20(23)21-12-15-5-8-17(24-2)9-6-15/h5-11,13H,4,12,14H2,1-3H3,(H,21,23)/b22-13-. The molecule has 0 unspecified atom stereocenters. The first-order valence-corrected chi connectivity index (χ1v) is 8.52. The van der Waals surface area contributed by atoms with E-state index in [1.54, 1.807) is 26.4 Å². The molecule has 0 fully saturated rings. The lowest BCUT2D eigenvalue weighted by Gasteiger charge is -2.09. The van der Waals surface area contributed by atoms with E-state index >= 15 is 0 Å². The minimum absolute atomic E-state index is 0.166. The summed E-state index contributed by atoms with van der Waals surface area (Å²) in [6, 6.07) is 12.9. The van der Waals surface area contributed by atoms with Crippen LogP contribution in [0.3, 0.4) is 0 Å². The quantitative estimate of drug-likeness (QED) is 0.512. The first-order valence-electron chi connectivity index (χ1n) is 8.52. The maximum atomic E-state index is 11.8. The van der Waals surface area contributed by atoms with Crippen molar-refractivity contribution < 1.29 is 23.8 Å². The summed E-state index contributed by atoms with van der Waals surface area (Å²) < 4.78 is 15.8. The van der Waals surface area contributed by atoms with Gasteiger partial charge in [-0.3, -0.25) is 4.79 Å². The largest absolute Gasteiger partial charge is 0.497 e. The van der Waals surface area contributed by atoms with Crippen LogP contribution in [0.1, 0.15) is 18.1 Å². The van der Waals surface area contributed by atoms with Gasteiger partial charge in [-0.2, -0.15) is 0 Å². The summed E-state index contributed by atoms with van der Waals surface area (Å²) in [6.07, 6.45) is 1.51. The number of carbonyl (C=O) groups excluding carboxylic acids is 1. The number of rotatable bonds is 10. The summed E-state index contributed by atoms with van der Waals surface area (Å²) >= 11 is 0. The van der Waals surface area contributed by atoms with E-state index in [0.717, 1.165) is 16.9 Å². The Labute approximate surface area is 158 Å². The Bertz CT molecular complexity index is 759. The molecule has 0 aromatic heterocycles. The van der Waals surface area contributed by atoms with Crippen LogP contribution in [-0.4, -0.2) is 39.6 Å². The fourth-order valence-corrected chi connectivity index (χ4v) is 2.23. The van der Waals surface area contributed by atoms with Crippen molar-refractivity contribution in [2.24, 2.45) is 5.16 Å². The second-order valence-corrected chi connectivity index (χ2v) is 5.48. The molecule has 0 radical (unpaired) electrons. The Morgan fingerprint density at radius 3 is 2.52 bits per heavy atom. The first kappa shape index (κ1) is 20.1. The van der Waals surface area contributed by atoms with Gasteiger partial charge in [0.1, 0.15) is 5.75 Å². The van der Waals surface area contributed by atoms with E-state index < -0.39 is 0 Å². The lowest BCUT2D eigenvalue weighted by atomic mass is 10.2. The highest BCUT2D eigenvalue weighted by atomic mass is 16.6. The van der Waals surface area contributed by atoms with Gasteiger partial charge in [0.25, 0.3) is 5.91 Å². The summed E-state index contributed by atoms with van der Waals surface area (Å²) in [7, 11) is 3.18. The highest BCUT2D eigenvalue weighted by Gasteiger charge is 2.05. The number of hydrogen-bond donors (Lipinski definition) is 1. The predicted octanol–water partition coefficient (Wildman–Crippen LogP) is 2.77. The highest BCUT2D eigenvalue weighted by molar-refractivity contribution is 5.81. The van der Waals surface area contributed by atoms with Gasteiger partial charge in [0, 0.05) is 12.1 Å². The molecule has 0 saturated heterocycles. The summed E-state index contributed by atoms with van der Waals surface area (Å²) in [4.78, 5) is 16.8. The monoisotopic (exact) mass is 372 g/mol. The normalized spacial score (nSPS) is 10.5. The minimum Gasteiger partial charge on any atom is -0.497 e. The zero-order valence-electron chi connectivity index (χ0n) is 15.7. The summed E-state index contributed by atoms with van der Waals surface area (Å²) in [6.45, 7) is 2.70. The third-order valence-electron chi connectivity index (χ3n) is 3.61. The Balaban J connectivity index is 1.76. The Kier molecular flexibility index (Phi) is 7.96. The van der Waals surface area contributed by atoms with E-state index in [1.807, 2.05) is 37.3 Å². The third kappa shape index (κ3) is 6.54. The molecule has 2 aromatic carbocycles. The van der Waals surface area contributed by atoms with Gasteiger partial charge in [-0.25, -0.2) is 0 Å². The van der Waals surface area contributed by atoms with Crippen molar-refractivity contribution >= 4 is 12.1 Å². The molecule has 2 rings (SSSR count). The Morgan fingerprint density at radius 1 is 1.07 bits per heavy atom. The van der Waals surface area contributed by atoms with Gasteiger partial charge in [0.05, 0.1) is 27.0 Å². The lowest BCUT2D eigenvalue weighted by Crippen LogP contribution is -2.26. The van der Waals surface area contributed by atoms with Crippen LogP contribution in [-0.2, 0) is 16.2 Å². The number of carbonyl (C=O) groups is 1. The molecule has 0 heterocycles. The smallest absolute Gasteiger partial charge is 0.261 e. The van der Waals surface area contributed by atoms with Crippen LogP contribution < -0.4 is 19.5 Å². The van der Waals surface area contributed by atoms with E-state index in [-0.39, 0.29) is 12.5 Å². The fraction of sp³-hybridized carbons (Fsp3) is 0.300. The molecule has 7 heteroatoms. The van der Waals surface area contributed by atoms with E-state index in [4.69, 9.17) is 19.0 Å². The van der Waals surface area contributed by atoms with Crippen molar-refractivity contribution in [3.63, 3.8) is 0 Å². The third-order valence-corrected chi connectivity index (χ3v) is 3.61. The molecule has 0 aliphatic rings. The van der Waals surface area contributed by atoms with Crippen LogP contribution in [0.4, 0.5) is 0 Å². The lowest BCUT2D eigenvalue weighted by molar-refractivity contribution is -0.125. The molecule has 0 spiro atoms. The van der Waals surface area contributed by atoms with Gasteiger partial charge in [-0.05, 0) is 42.8 Å². The summed E-state index contributed by atoms with van der Waals surface area (Å²) in [5.74, 6) is 1.79. The molecule has 27 heavy (non-hydrogen) atoms. The fourth-order valence-electron chi connectivity index (χ4n) is 2.23. The van der Waals surface area contributed by atoms with E-state index in [2.05, 4.69) is 10.5 Å². The average molecular weight is 372 g/mol. The first-order chi connectivity index (χ1) is 13.2. The van der Waals surface area contributed by atoms with E-state index in [1.165, 1.54) is 6.21 Å². The minimum atomic E-state index is -0.257. The predicted molar refractivity (Wildman–Crippen MR) is 103 cm³/mol. The Hall–Kier alpha value is -3.22. The molecule has 0 aliphatic heterocycles. The maximum absolute atomic E-state index is 11.8. The van der Waals surface area contributed by atoms with Crippen molar-refractivity contribution in [1.82, 2.24) is 5.32 Å². The van der Waals surface area contributed by atoms with Crippen molar-refractivity contribution in [3.05, 3.63) is 53.6 Å². The van der Waals surface area contributed by atoms with Crippen molar-refractivity contribution in [2.75, 3.05) is 27.4 Å². The molecule has 0 saturated carbocycles. The zero-order chi connectivity index (χ0) is 19.5. The van der Waals surface area contributed by atoms with Crippen molar-refractivity contribution in [2.45, 2.75) is 13.5 Å². The second kappa shape index (κ2) is 10.7. The number of nitrogens with zero attached hydrogens (tertiary/aromatic N) is 1. The molecule has 1 amide bonds. The number of nitrogens with one attached hydrogen (secondary N) is 1. The van der Waals surface area contributed by atoms with Gasteiger partial charge in [0.15, 0.2) is 18.1 Å². The van der Waals surface area contributed by atoms with Crippen LogP contribution in [0.2, 0.25) is 0 Å². The number of oxime groups is 1. The molecular formula is C20H24N2O5. The Morgan fingerprint density at radius 2 is 1.85 bits per heavy atom. The SMILES string of the molecule is CCOc1ccc(/C=N\OCC(=O)NCc2ccc(OC)cc2)cc1OC. The number of benzene rings is 2. The molecule has 0 atom stereocenters.